The SMILES string of the molecule is Oc1cc2c(Cl)ccc(Cl)c2s1. The van der Waals surface area contributed by atoms with Gasteiger partial charge in [-0.1, -0.05) is 34.5 Å². The predicted molar refractivity (Wildman–Crippen MR) is 53.5 cm³/mol. The fourth-order valence-electron chi connectivity index (χ4n) is 1.04. The zero-order chi connectivity index (χ0) is 8.72. The summed E-state index contributed by atoms with van der Waals surface area (Å²) in [6, 6.07) is 5.06. The van der Waals surface area contributed by atoms with E-state index in [1.54, 1.807) is 18.2 Å². The molecule has 62 valence electrons. The molecule has 0 bridgehead atoms. The molecule has 0 radical (unpaired) electrons. The maximum Gasteiger partial charge on any atom is 0.172 e. The van der Waals surface area contributed by atoms with Gasteiger partial charge in [-0.25, -0.2) is 0 Å². The molecule has 0 unspecified atom stereocenters. The Morgan fingerprint density at radius 1 is 1.17 bits per heavy atom. The Labute approximate surface area is 83.2 Å². The van der Waals surface area contributed by atoms with Crippen LogP contribution in [-0.4, -0.2) is 5.11 Å². The first-order valence-corrected chi connectivity index (χ1v) is 4.82. The Kier molecular flexibility index (Phi) is 1.91. The highest BCUT2D eigenvalue weighted by atomic mass is 35.5. The number of hydrogen-bond acceptors (Lipinski definition) is 2. The molecule has 0 saturated heterocycles. The summed E-state index contributed by atoms with van der Waals surface area (Å²) in [4.78, 5) is 0. The second-order valence-electron chi connectivity index (χ2n) is 2.36. The average molecular weight is 219 g/mol. The molecule has 1 nitrogen and oxygen atoms in total. The summed E-state index contributed by atoms with van der Waals surface area (Å²) in [5, 5.41) is 11.5. The second-order valence-corrected chi connectivity index (χ2v) is 4.20. The van der Waals surface area contributed by atoms with Crippen LogP contribution in [0, 0.1) is 0 Å². The van der Waals surface area contributed by atoms with Crippen molar-refractivity contribution in [2.45, 2.75) is 0 Å². The van der Waals surface area contributed by atoms with Crippen LogP contribution >= 0.6 is 34.5 Å². The number of benzene rings is 1. The molecule has 0 amide bonds. The number of fused-ring (bicyclic) bond motifs is 1. The fourth-order valence-corrected chi connectivity index (χ4v) is 2.42. The van der Waals surface area contributed by atoms with Gasteiger partial charge in [0.1, 0.15) is 0 Å². The molecule has 1 heterocycles. The number of halogens is 2. The maximum atomic E-state index is 9.21. The summed E-state index contributed by atoms with van der Waals surface area (Å²) in [5.74, 6) is 0. The zero-order valence-corrected chi connectivity index (χ0v) is 8.17. The molecule has 0 fully saturated rings. The summed E-state index contributed by atoms with van der Waals surface area (Å²) in [7, 11) is 0. The van der Waals surface area contributed by atoms with Crippen molar-refractivity contribution in [2.24, 2.45) is 0 Å². The van der Waals surface area contributed by atoms with Crippen LogP contribution in [0.15, 0.2) is 18.2 Å². The number of hydrogen-bond donors (Lipinski definition) is 1. The van der Waals surface area contributed by atoms with E-state index in [0.717, 1.165) is 10.1 Å². The monoisotopic (exact) mass is 218 g/mol. The van der Waals surface area contributed by atoms with E-state index in [1.807, 2.05) is 0 Å². The van der Waals surface area contributed by atoms with Gasteiger partial charge in [-0.15, -0.1) is 0 Å². The Morgan fingerprint density at radius 3 is 2.50 bits per heavy atom. The summed E-state index contributed by atoms with van der Waals surface area (Å²) in [5.41, 5.74) is 0. The molecule has 0 aliphatic rings. The third-order valence-corrected chi connectivity index (χ3v) is 3.30. The Balaban J connectivity index is 2.93. The van der Waals surface area contributed by atoms with Crippen molar-refractivity contribution in [1.29, 1.82) is 0 Å². The first-order chi connectivity index (χ1) is 5.68. The van der Waals surface area contributed by atoms with E-state index in [2.05, 4.69) is 0 Å². The van der Waals surface area contributed by atoms with Gasteiger partial charge in [-0.3, -0.25) is 0 Å². The van der Waals surface area contributed by atoms with E-state index in [1.165, 1.54) is 11.3 Å². The highest BCUT2D eigenvalue weighted by molar-refractivity contribution is 7.21. The van der Waals surface area contributed by atoms with Gasteiger partial charge in [0.15, 0.2) is 5.06 Å². The van der Waals surface area contributed by atoms with E-state index in [9.17, 15) is 5.11 Å². The van der Waals surface area contributed by atoms with Crippen LogP contribution in [0.5, 0.6) is 5.06 Å². The molecule has 12 heavy (non-hydrogen) atoms. The molecule has 1 N–H and O–H groups in total. The first kappa shape index (κ1) is 8.17. The number of aromatic hydroxyl groups is 1. The van der Waals surface area contributed by atoms with Crippen LogP contribution in [0.25, 0.3) is 10.1 Å². The van der Waals surface area contributed by atoms with Crippen LogP contribution in [0.4, 0.5) is 0 Å². The minimum atomic E-state index is 0.236. The van der Waals surface area contributed by atoms with Crippen molar-refractivity contribution < 1.29 is 5.11 Å². The lowest BCUT2D eigenvalue weighted by Crippen LogP contribution is -1.66. The lowest BCUT2D eigenvalue weighted by Gasteiger charge is -1.93. The van der Waals surface area contributed by atoms with Crippen molar-refractivity contribution in [3.63, 3.8) is 0 Å². The van der Waals surface area contributed by atoms with E-state index in [-0.39, 0.29) is 5.06 Å². The van der Waals surface area contributed by atoms with Crippen molar-refractivity contribution in [3.8, 4) is 5.06 Å². The lowest BCUT2D eigenvalue weighted by atomic mass is 10.3. The van der Waals surface area contributed by atoms with E-state index >= 15 is 0 Å². The topological polar surface area (TPSA) is 20.2 Å². The lowest BCUT2D eigenvalue weighted by molar-refractivity contribution is 0.491. The summed E-state index contributed by atoms with van der Waals surface area (Å²) < 4.78 is 0.835. The van der Waals surface area contributed by atoms with Gasteiger partial charge < -0.3 is 5.11 Å². The van der Waals surface area contributed by atoms with Gasteiger partial charge in [0, 0.05) is 16.5 Å². The largest absolute Gasteiger partial charge is 0.499 e. The van der Waals surface area contributed by atoms with Crippen molar-refractivity contribution >= 4 is 44.6 Å². The molecule has 0 aliphatic carbocycles. The standard InChI is InChI=1S/C8H4Cl2OS/c9-5-1-2-6(10)8-4(5)3-7(11)12-8/h1-3,11H. The highest BCUT2D eigenvalue weighted by Gasteiger charge is 2.07. The Hall–Kier alpha value is -0.440. The van der Waals surface area contributed by atoms with Gasteiger partial charge in [0.2, 0.25) is 0 Å². The normalized spacial score (nSPS) is 10.8. The Bertz CT molecular complexity index is 397. The average Bonchev–Trinajstić information content (AvgIpc) is 2.41. The van der Waals surface area contributed by atoms with Crippen molar-refractivity contribution in [2.75, 3.05) is 0 Å². The molecule has 1 aromatic heterocycles. The molecule has 0 spiro atoms. The quantitative estimate of drug-likeness (QED) is 0.711. The summed E-state index contributed by atoms with van der Waals surface area (Å²) in [6.45, 7) is 0. The fraction of sp³-hybridized carbons (Fsp3) is 0. The van der Waals surface area contributed by atoms with Gasteiger partial charge in [-0.2, -0.15) is 0 Å². The van der Waals surface area contributed by atoms with E-state index in [4.69, 9.17) is 23.2 Å². The van der Waals surface area contributed by atoms with Crippen LogP contribution in [0.2, 0.25) is 10.0 Å². The van der Waals surface area contributed by atoms with Gasteiger partial charge in [0.25, 0.3) is 0 Å². The zero-order valence-electron chi connectivity index (χ0n) is 5.84. The van der Waals surface area contributed by atoms with Crippen molar-refractivity contribution in [3.05, 3.63) is 28.2 Å². The predicted octanol–water partition coefficient (Wildman–Crippen LogP) is 3.91. The van der Waals surface area contributed by atoms with Crippen LogP contribution in [0.1, 0.15) is 0 Å². The number of thiophene rings is 1. The molecule has 4 heteroatoms. The van der Waals surface area contributed by atoms with E-state index < -0.39 is 0 Å². The van der Waals surface area contributed by atoms with Gasteiger partial charge in [-0.05, 0) is 12.1 Å². The first-order valence-electron chi connectivity index (χ1n) is 3.25. The van der Waals surface area contributed by atoms with Crippen LogP contribution in [0.3, 0.4) is 0 Å². The third kappa shape index (κ3) is 1.16. The van der Waals surface area contributed by atoms with Gasteiger partial charge >= 0.3 is 0 Å². The van der Waals surface area contributed by atoms with Gasteiger partial charge in [0.05, 0.1) is 9.72 Å². The minimum absolute atomic E-state index is 0.236. The summed E-state index contributed by atoms with van der Waals surface area (Å²) in [6.07, 6.45) is 0. The van der Waals surface area contributed by atoms with E-state index in [0.29, 0.717) is 10.0 Å². The number of rotatable bonds is 0. The molecule has 2 rings (SSSR count). The molecule has 2 aromatic rings. The molecular formula is C8H4Cl2OS. The highest BCUT2D eigenvalue weighted by Crippen LogP contribution is 2.39. The maximum absolute atomic E-state index is 9.21. The van der Waals surface area contributed by atoms with Crippen molar-refractivity contribution in [1.82, 2.24) is 0 Å². The smallest absolute Gasteiger partial charge is 0.172 e. The van der Waals surface area contributed by atoms with Crippen LogP contribution < -0.4 is 0 Å². The molecule has 0 aliphatic heterocycles. The molecule has 1 aromatic carbocycles. The second kappa shape index (κ2) is 2.80. The summed E-state index contributed by atoms with van der Waals surface area (Å²) >= 11 is 13.0. The molecule has 0 saturated carbocycles. The molecule has 0 atom stereocenters. The minimum Gasteiger partial charge on any atom is -0.499 e. The third-order valence-electron chi connectivity index (χ3n) is 1.57. The van der Waals surface area contributed by atoms with Crippen LogP contribution in [-0.2, 0) is 0 Å². The Morgan fingerprint density at radius 2 is 1.83 bits per heavy atom. The molecular weight excluding hydrogens is 215 g/mol.